The lowest BCUT2D eigenvalue weighted by molar-refractivity contribution is -0.141. The van der Waals surface area contributed by atoms with E-state index in [0.717, 1.165) is 23.4 Å². The first-order valence-corrected chi connectivity index (χ1v) is 11.4. The van der Waals surface area contributed by atoms with Crippen molar-refractivity contribution in [3.8, 4) is 0 Å². The van der Waals surface area contributed by atoms with Crippen molar-refractivity contribution in [2.75, 3.05) is 26.3 Å². The maximum absolute atomic E-state index is 14.1. The third-order valence-electron chi connectivity index (χ3n) is 6.77. The molecular weight excluding hydrogens is 459 g/mol. The fourth-order valence-corrected chi connectivity index (χ4v) is 4.67. The Morgan fingerprint density at radius 1 is 1.26 bits per heavy atom. The number of rotatable bonds is 8. The van der Waals surface area contributed by atoms with E-state index in [1.807, 2.05) is 0 Å². The average Bonchev–Trinajstić information content (AvgIpc) is 3.31. The van der Waals surface area contributed by atoms with E-state index in [9.17, 15) is 26.7 Å². The Labute approximate surface area is 194 Å². The molecular formula is C23H27F5N4O2. The molecule has 0 saturated carbocycles. The zero-order valence-electron chi connectivity index (χ0n) is 19.0. The minimum absolute atomic E-state index is 0.159. The largest absolute Gasteiger partial charge is 0.419 e. The van der Waals surface area contributed by atoms with Crippen molar-refractivity contribution in [1.82, 2.24) is 20.0 Å². The van der Waals surface area contributed by atoms with E-state index < -0.39 is 29.3 Å². The van der Waals surface area contributed by atoms with E-state index in [2.05, 4.69) is 15.1 Å². The molecule has 0 spiro atoms. The molecule has 0 bridgehead atoms. The first kappa shape index (κ1) is 24.6. The lowest BCUT2D eigenvalue weighted by Gasteiger charge is -2.34. The zero-order chi connectivity index (χ0) is 24.6. The number of aromatic nitrogens is 2. The molecule has 2 aromatic rings. The SMILES string of the molecule is CCC(CCN(CC)C(=O)c1n[nH]c2c1CN(C1COC1)C2)c1ccc(F)c(F)c1C(F)(F)F. The summed E-state index contributed by atoms with van der Waals surface area (Å²) in [6.07, 6.45) is -4.58. The van der Waals surface area contributed by atoms with Crippen LogP contribution in [0.3, 0.4) is 0 Å². The molecule has 1 saturated heterocycles. The smallest absolute Gasteiger partial charge is 0.378 e. The molecule has 0 aliphatic carbocycles. The van der Waals surface area contributed by atoms with Gasteiger partial charge >= 0.3 is 6.18 Å². The van der Waals surface area contributed by atoms with Gasteiger partial charge in [-0.15, -0.1) is 0 Å². The van der Waals surface area contributed by atoms with Gasteiger partial charge < -0.3 is 9.64 Å². The van der Waals surface area contributed by atoms with Crippen molar-refractivity contribution in [2.24, 2.45) is 0 Å². The van der Waals surface area contributed by atoms with Crippen molar-refractivity contribution in [1.29, 1.82) is 0 Å². The molecule has 2 aliphatic heterocycles. The van der Waals surface area contributed by atoms with Gasteiger partial charge in [0.2, 0.25) is 0 Å². The molecule has 1 aromatic heterocycles. The van der Waals surface area contributed by atoms with Crippen molar-refractivity contribution >= 4 is 5.91 Å². The molecule has 1 N–H and O–H groups in total. The summed E-state index contributed by atoms with van der Waals surface area (Å²) < 4.78 is 73.4. The summed E-state index contributed by atoms with van der Waals surface area (Å²) in [4.78, 5) is 17.0. The fraction of sp³-hybridized carbons (Fsp3) is 0.565. The normalized spacial score (nSPS) is 17.5. The van der Waals surface area contributed by atoms with Gasteiger partial charge in [0.05, 0.1) is 30.5 Å². The Hall–Kier alpha value is -2.53. The summed E-state index contributed by atoms with van der Waals surface area (Å²) in [7, 11) is 0. The van der Waals surface area contributed by atoms with Gasteiger partial charge in [-0.1, -0.05) is 13.0 Å². The molecule has 2 aliphatic rings. The van der Waals surface area contributed by atoms with E-state index in [4.69, 9.17) is 4.74 Å². The highest BCUT2D eigenvalue weighted by Gasteiger charge is 2.40. The fourth-order valence-electron chi connectivity index (χ4n) is 4.67. The van der Waals surface area contributed by atoms with Crippen LogP contribution in [0.4, 0.5) is 22.0 Å². The van der Waals surface area contributed by atoms with Crippen LogP contribution in [0.5, 0.6) is 0 Å². The predicted octanol–water partition coefficient (Wildman–Crippen LogP) is 4.47. The van der Waals surface area contributed by atoms with Crippen LogP contribution in [0.25, 0.3) is 0 Å². The van der Waals surface area contributed by atoms with Crippen molar-refractivity contribution in [3.63, 3.8) is 0 Å². The molecule has 186 valence electrons. The summed E-state index contributed by atoms with van der Waals surface area (Å²) in [5.41, 5.74) is 0.170. The van der Waals surface area contributed by atoms with Gasteiger partial charge in [0.1, 0.15) is 0 Å². The molecule has 1 atom stereocenters. The number of H-pyrrole nitrogens is 1. The average molecular weight is 486 g/mol. The van der Waals surface area contributed by atoms with Crippen LogP contribution in [-0.4, -0.2) is 58.2 Å². The molecule has 1 amide bonds. The maximum atomic E-state index is 14.1. The Balaban J connectivity index is 1.49. The minimum atomic E-state index is -5.03. The molecule has 6 nitrogen and oxygen atoms in total. The quantitative estimate of drug-likeness (QED) is 0.560. The standard InChI is InChI=1S/C23H27F5N4O2/c1-3-13(15-5-6-17(24)20(25)19(15)23(26,27)28)7-8-31(4-2)22(33)21-16-9-32(14-11-34-12-14)10-18(16)29-30-21/h5-6,13-14H,3-4,7-12H2,1-2H3,(H,29,30). The minimum Gasteiger partial charge on any atom is -0.378 e. The van der Waals surface area contributed by atoms with Crippen LogP contribution in [0.2, 0.25) is 0 Å². The molecule has 4 rings (SSSR count). The first-order valence-electron chi connectivity index (χ1n) is 11.4. The summed E-state index contributed by atoms with van der Waals surface area (Å²) in [5, 5.41) is 7.14. The molecule has 34 heavy (non-hydrogen) atoms. The number of ether oxygens (including phenoxy) is 1. The van der Waals surface area contributed by atoms with Crippen molar-refractivity contribution < 1.29 is 31.5 Å². The second-order valence-electron chi connectivity index (χ2n) is 8.73. The number of halogens is 5. The van der Waals surface area contributed by atoms with Crippen LogP contribution < -0.4 is 0 Å². The number of hydrogen-bond donors (Lipinski definition) is 1. The van der Waals surface area contributed by atoms with Crippen LogP contribution in [-0.2, 0) is 24.0 Å². The summed E-state index contributed by atoms with van der Waals surface area (Å²) in [6, 6.07) is 2.03. The van der Waals surface area contributed by atoms with Gasteiger partial charge in [0, 0.05) is 31.7 Å². The highest BCUT2D eigenvalue weighted by molar-refractivity contribution is 5.94. The van der Waals surface area contributed by atoms with E-state index in [1.165, 1.54) is 4.90 Å². The summed E-state index contributed by atoms with van der Waals surface area (Å²) >= 11 is 0. The molecule has 1 unspecified atom stereocenters. The number of hydrogen-bond acceptors (Lipinski definition) is 4. The number of benzene rings is 1. The zero-order valence-corrected chi connectivity index (χ0v) is 19.0. The van der Waals surface area contributed by atoms with E-state index in [0.29, 0.717) is 44.6 Å². The highest BCUT2D eigenvalue weighted by atomic mass is 19.4. The van der Waals surface area contributed by atoms with Crippen LogP contribution in [0, 0.1) is 11.6 Å². The van der Waals surface area contributed by atoms with E-state index in [1.54, 1.807) is 13.8 Å². The lowest BCUT2D eigenvalue weighted by atomic mass is 9.88. The Bertz CT molecular complexity index is 1050. The topological polar surface area (TPSA) is 61.5 Å². The lowest BCUT2D eigenvalue weighted by Crippen LogP contribution is -2.46. The second kappa shape index (κ2) is 9.61. The predicted molar refractivity (Wildman–Crippen MR) is 113 cm³/mol. The van der Waals surface area contributed by atoms with Gasteiger partial charge in [-0.2, -0.15) is 18.3 Å². The third-order valence-corrected chi connectivity index (χ3v) is 6.77. The number of alkyl halides is 3. The van der Waals surface area contributed by atoms with Crippen molar-refractivity contribution in [2.45, 2.75) is 57.9 Å². The van der Waals surface area contributed by atoms with E-state index in [-0.39, 0.29) is 30.9 Å². The summed E-state index contributed by atoms with van der Waals surface area (Å²) in [6.45, 7) is 6.51. The van der Waals surface area contributed by atoms with Gasteiger partial charge in [-0.25, -0.2) is 8.78 Å². The first-order chi connectivity index (χ1) is 16.2. The van der Waals surface area contributed by atoms with E-state index >= 15 is 0 Å². The number of nitrogens with zero attached hydrogens (tertiary/aromatic N) is 3. The highest BCUT2D eigenvalue weighted by Crippen LogP contribution is 2.40. The molecule has 1 aromatic carbocycles. The monoisotopic (exact) mass is 486 g/mol. The number of fused-ring (bicyclic) bond motifs is 1. The molecule has 0 radical (unpaired) electrons. The number of carbonyl (C=O) groups is 1. The summed E-state index contributed by atoms with van der Waals surface area (Å²) in [5.74, 6) is -4.43. The van der Waals surface area contributed by atoms with Crippen LogP contribution in [0.15, 0.2) is 12.1 Å². The molecule has 1 fully saturated rings. The number of carbonyl (C=O) groups excluding carboxylic acids is 1. The number of amides is 1. The van der Waals surface area contributed by atoms with Crippen LogP contribution >= 0.6 is 0 Å². The van der Waals surface area contributed by atoms with Crippen LogP contribution in [0.1, 0.15) is 65.5 Å². The number of nitrogens with one attached hydrogen (secondary N) is 1. The molecule has 11 heteroatoms. The van der Waals surface area contributed by atoms with Crippen molar-refractivity contribution in [3.05, 3.63) is 51.8 Å². The molecule has 3 heterocycles. The third kappa shape index (κ3) is 4.55. The Kier molecular flexibility index (Phi) is 6.95. The van der Waals surface area contributed by atoms with Gasteiger partial charge in [-0.3, -0.25) is 14.8 Å². The van der Waals surface area contributed by atoms with Gasteiger partial charge in [0.15, 0.2) is 17.3 Å². The second-order valence-corrected chi connectivity index (χ2v) is 8.73. The Morgan fingerprint density at radius 3 is 2.59 bits per heavy atom. The van der Waals surface area contributed by atoms with Gasteiger partial charge in [-0.05, 0) is 37.3 Å². The Morgan fingerprint density at radius 2 is 2.00 bits per heavy atom. The maximum Gasteiger partial charge on any atom is 0.419 e. The van der Waals surface area contributed by atoms with Gasteiger partial charge in [0.25, 0.3) is 5.91 Å². The number of aromatic amines is 1.